The van der Waals surface area contributed by atoms with Crippen molar-refractivity contribution in [1.82, 2.24) is 4.90 Å². The summed E-state index contributed by atoms with van der Waals surface area (Å²) in [7, 11) is 0. The lowest BCUT2D eigenvalue weighted by atomic mass is 9.81. The maximum absolute atomic E-state index is 12.7. The Bertz CT molecular complexity index is 723. The number of benzene rings is 1. The summed E-state index contributed by atoms with van der Waals surface area (Å²) in [5.74, 6) is -1.75. The molecule has 2 aliphatic rings. The molecule has 1 aliphatic heterocycles. The second-order valence-electron chi connectivity index (χ2n) is 7.93. The number of carbonyl (C=O) groups is 3. The third-order valence-corrected chi connectivity index (χ3v) is 5.50. The van der Waals surface area contributed by atoms with E-state index < -0.39 is 11.9 Å². The molecular weight excluding hydrogens is 360 g/mol. The molecule has 1 aromatic rings. The third-order valence-electron chi connectivity index (χ3n) is 5.50. The van der Waals surface area contributed by atoms with Gasteiger partial charge in [-0.05, 0) is 57.4 Å². The molecule has 152 valence electrons. The first-order chi connectivity index (χ1) is 13.3. The van der Waals surface area contributed by atoms with Gasteiger partial charge in [0, 0.05) is 30.3 Å². The first-order valence-corrected chi connectivity index (χ1v) is 9.92. The Labute approximate surface area is 165 Å². The van der Waals surface area contributed by atoms with E-state index >= 15 is 0 Å². The van der Waals surface area contributed by atoms with Crippen LogP contribution in [-0.2, 0) is 14.3 Å². The van der Waals surface area contributed by atoms with Crippen LogP contribution >= 0.6 is 0 Å². The van der Waals surface area contributed by atoms with Gasteiger partial charge < -0.3 is 20.1 Å². The van der Waals surface area contributed by atoms with Gasteiger partial charge in [0.2, 0.25) is 5.91 Å². The van der Waals surface area contributed by atoms with E-state index in [1.54, 1.807) is 29.2 Å². The molecule has 0 bridgehead atoms. The van der Waals surface area contributed by atoms with Gasteiger partial charge in [-0.15, -0.1) is 0 Å². The fourth-order valence-corrected chi connectivity index (χ4v) is 4.12. The number of nitrogens with one attached hydrogen (secondary N) is 1. The van der Waals surface area contributed by atoms with E-state index in [1.807, 2.05) is 13.8 Å². The summed E-state index contributed by atoms with van der Waals surface area (Å²) in [5, 5.41) is 12.0. The molecule has 2 amide bonds. The van der Waals surface area contributed by atoms with Gasteiger partial charge >= 0.3 is 5.97 Å². The van der Waals surface area contributed by atoms with Crippen molar-refractivity contribution in [3.05, 3.63) is 29.8 Å². The van der Waals surface area contributed by atoms with Crippen molar-refractivity contribution in [2.75, 3.05) is 18.4 Å². The zero-order valence-electron chi connectivity index (χ0n) is 16.4. The number of hydrogen-bond acceptors (Lipinski definition) is 4. The predicted octanol–water partition coefficient (Wildman–Crippen LogP) is 2.77. The van der Waals surface area contributed by atoms with Crippen LogP contribution in [0.3, 0.4) is 0 Å². The molecule has 4 unspecified atom stereocenters. The molecule has 1 saturated heterocycles. The number of carboxylic acids is 1. The topological polar surface area (TPSA) is 95.9 Å². The Morgan fingerprint density at radius 3 is 2.25 bits per heavy atom. The quantitative estimate of drug-likeness (QED) is 0.827. The minimum Gasteiger partial charge on any atom is -0.481 e. The maximum Gasteiger partial charge on any atom is 0.306 e. The Morgan fingerprint density at radius 1 is 1.04 bits per heavy atom. The van der Waals surface area contributed by atoms with E-state index in [4.69, 9.17) is 4.74 Å². The van der Waals surface area contributed by atoms with E-state index in [0.717, 1.165) is 6.42 Å². The fraction of sp³-hybridized carbons (Fsp3) is 0.571. The maximum atomic E-state index is 12.7. The van der Waals surface area contributed by atoms with Crippen molar-refractivity contribution >= 4 is 23.5 Å². The number of carboxylic acid groups (broad SMARTS) is 1. The first-order valence-electron chi connectivity index (χ1n) is 9.92. The van der Waals surface area contributed by atoms with Crippen LogP contribution in [0.5, 0.6) is 0 Å². The Hall–Kier alpha value is -2.41. The van der Waals surface area contributed by atoms with Crippen molar-refractivity contribution in [3.8, 4) is 0 Å². The van der Waals surface area contributed by atoms with Gasteiger partial charge in [-0.2, -0.15) is 0 Å². The molecule has 4 atom stereocenters. The molecule has 2 N–H and O–H groups in total. The molecule has 1 aliphatic carbocycles. The van der Waals surface area contributed by atoms with Crippen LogP contribution in [0.25, 0.3) is 0 Å². The van der Waals surface area contributed by atoms with E-state index in [9.17, 15) is 19.5 Å². The fourth-order valence-electron chi connectivity index (χ4n) is 4.12. The number of anilines is 1. The van der Waals surface area contributed by atoms with Crippen molar-refractivity contribution in [2.45, 2.75) is 51.7 Å². The summed E-state index contributed by atoms with van der Waals surface area (Å²) in [6.45, 7) is 5.03. The van der Waals surface area contributed by atoms with Crippen LogP contribution in [-0.4, -0.2) is 53.1 Å². The van der Waals surface area contributed by atoms with Gasteiger partial charge in [0.05, 0.1) is 18.1 Å². The first kappa shape index (κ1) is 20.3. The summed E-state index contributed by atoms with van der Waals surface area (Å²) in [6, 6.07) is 6.86. The van der Waals surface area contributed by atoms with E-state index in [0.29, 0.717) is 43.6 Å². The van der Waals surface area contributed by atoms with E-state index in [2.05, 4.69) is 5.32 Å². The molecule has 1 heterocycles. The second kappa shape index (κ2) is 8.73. The number of amides is 2. The Morgan fingerprint density at radius 2 is 1.64 bits per heavy atom. The number of ether oxygens (including phenoxy) is 1. The molecule has 1 saturated carbocycles. The molecule has 7 heteroatoms. The van der Waals surface area contributed by atoms with Crippen LogP contribution in [0.1, 0.15) is 49.9 Å². The van der Waals surface area contributed by atoms with Gasteiger partial charge in [-0.3, -0.25) is 14.4 Å². The SMILES string of the molecule is CC1CN(C(=O)c2ccc(NC(=O)C3CCCC(C(=O)O)C3)cc2)CC(C)O1. The molecule has 0 radical (unpaired) electrons. The molecule has 3 rings (SSSR count). The zero-order valence-corrected chi connectivity index (χ0v) is 16.4. The van der Waals surface area contributed by atoms with Gasteiger partial charge in [0.1, 0.15) is 0 Å². The minimum atomic E-state index is -0.827. The van der Waals surface area contributed by atoms with Crippen LogP contribution < -0.4 is 5.32 Å². The smallest absolute Gasteiger partial charge is 0.306 e. The average molecular weight is 388 g/mol. The van der Waals surface area contributed by atoms with Crippen LogP contribution in [0, 0.1) is 11.8 Å². The summed E-state index contributed by atoms with van der Waals surface area (Å²) in [5.41, 5.74) is 1.19. The lowest BCUT2D eigenvalue weighted by Gasteiger charge is -2.35. The zero-order chi connectivity index (χ0) is 20.3. The van der Waals surface area contributed by atoms with E-state index in [1.165, 1.54) is 0 Å². The second-order valence-corrected chi connectivity index (χ2v) is 7.93. The highest BCUT2D eigenvalue weighted by Gasteiger charge is 2.31. The number of morpholine rings is 1. The minimum absolute atomic E-state index is 0.0105. The molecule has 0 aromatic heterocycles. The summed E-state index contributed by atoms with van der Waals surface area (Å²) < 4.78 is 5.67. The number of carbonyl (C=O) groups excluding carboxylic acids is 2. The van der Waals surface area contributed by atoms with Crippen LogP contribution in [0.2, 0.25) is 0 Å². The standard InChI is InChI=1S/C21H28N2O5/c1-13-11-23(12-14(2)28-13)20(25)15-6-8-18(9-7-15)22-19(24)16-4-3-5-17(10-16)21(26)27/h6-9,13-14,16-17H,3-5,10-12H2,1-2H3,(H,22,24)(H,26,27). The predicted molar refractivity (Wildman–Crippen MR) is 104 cm³/mol. The summed E-state index contributed by atoms with van der Waals surface area (Å²) >= 11 is 0. The van der Waals surface area contributed by atoms with Gasteiger partial charge in [0.25, 0.3) is 5.91 Å². The number of hydrogen-bond donors (Lipinski definition) is 2. The summed E-state index contributed by atoms with van der Waals surface area (Å²) in [6.07, 6.45) is 2.49. The lowest BCUT2D eigenvalue weighted by molar-refractivity contribution is -0.143. The molecule has 2 fully saturated rings. The largest absolute Gasteiger partial charge is 0.481 e. The average Bonchev–Trinajstić information content (AvgIpc) is 2.67. The van der Waals surface area contributed by atoms with Crippen molar-refractivity contribution in [3.63, 3.8) is 0 Å². The highest BCUT2D eigenvalue weighted by molar-refractivity contribution is 5.96. The molecule has 1 aromatic carbocycles. The molecule has 7 nitrogen and oxygen atoms in total. The summed E-state index contributed by atoms with van der Waals surface area (Å²) in [4.78, 5) is 38.1. The van der Waals surface area contributed by atoms with E-state index in [-0.39, 0.29) is 29.9 Å². The molecule has 0 spiro atoms. The van der Waals surface area contributed by atoms with Gasteiger partial charge in [-0.25, -0.2) is 0 Å². The van der Waals surface area contributed by atoms with Crippen LogP contribution in [0.4, 0.5) is 5.69 Å². The Kier molecular flexibility index (Phi) is 6.34. The van der Waals surface area contributed by atoms with Crippen molar-refractivity contribution in [2.24, 2.45) is 11.8 Å². The Balaban J connectivity index is 1.59. The number of aliphatic carboxylic acids is 1. The van der Waals surface area contributed by atoms with Crippen LogP contribution in [0.15, 0.2) is 24.3 Å². The molecule has 28 heavy (non-hydrogen) atoms. The highest BCUT2D eigenvalue weighted by Crippen LogP contribution is 2.30. The van der Waals surface area contributed by atoms with Crippen molar-refractivity contribution < 1.29 is 24.2 Å². The van der Waals surface area contributed by atoms with Crippen molar-refractivity contribution in [1.29, 1.82) is 0 Å². The number of rotatable bonds is 4. The molecular formula is C21H28N2O5. The lowest BCUT2D eigenvalue weighted by Crippen LogP contribution is -2.48. The highest BCUT2D eigenvalue weighted by atomic mass is 16.5. The normalized spacial score (nSPS) is 27.9. The number of nitrogens with zero attached hydrogens (tertiary/aromatic N) is 1. The third kappa shape index (κ3) is 4.90. The van der Waals surface area contributed by atoms with Gasteiger partial charge in [0.15, 0.2) is 0 Å². The monoisotopic (exact) mass is 388 g/mol. The van der Waals surface area contributed by atoms with Gasteiger partial charge in [-0.1, -0.05) is 6.42 Å².